The average Bonchev–Trinajstić information content (AvgIpc) is 3.35. The van der Waals surface area contributed by atoms with Crippen LogP contribution in [0.3, 0.4) is 0 Å². The van der Waals surface area contributed by atoms with Crippen LogP contribution in [0, 0.1) is 12.7 Å². The third-order valence-electron chi connectivity index (χ3n) is 3.69. The minimum absolute atomic E-state index is 0.0303. The maximum absolute atomic E-state index is 13.3. The molecule has 0 radical (unpaired) electrons. The summed E-state index contributed by atoms with van der Waals surface area (Å²) < 4.78 is 27.5. The first-order chi connectivity index (χ1) is 13.6. The zero-order valence-corrected chi connectivity index (χ0v) is 15.3. The fourth-order valence-corrected chi connectivity index (χ4v) is 2.95. The Labute approximate surface area is 162 Å². The maximum atomic E-state index is 13.3. The molecule has 0 saturated carbocycles. The number of aryl methyl sites for hydroxylation is 1. The lowest BCUT2D eigenvalue weighted by Gasteiger charge is -2.05. The molecule has 0 atom stereocenters. The number of nitrogens with zero attached hydrogens (tertiary/aromatic N) is 5. The summed E-state index contributed by atoms with van der Waals surface area (Å²) in [5.41, 5.74) is 1.88. The summed E-state index contributed by atoms with van der Waals surface area (Å²) in [7, 11) is 0. The van der Waals surface area contributed by atoms with E-state index in [1.54, 1.807) is 19.1 Å². The standard InChI is InChI=1S/C18H12FN5O3S/c1-10-22-14(9-26-10)15-16(28-24-23-15)18(25)27-8-11-6-20-17(21-7-11)12-3-2-4-13(19)5-12/h2-7,9H,8H2,1H3. The second-order valence-electron chi connectivity index (χ2n) is 5.70. The van der Waals surface area contributed by atoms with Crippen LogP contribution in [0.1, 0.15) is 21.1 Å². The number of hydrogen-bond donors (Lipinski definition) is 0. The highest BCUT2D eigenvalue weighted by atomic mass is 32.1. The number of esters is 1. The van der Waals surface area contributed by atoms with Gasteiger partial charge in [0.25, 0.3) is 0 Å². The van der Waals surface area contributed by atoms with Crippen molar-refractivity contribution in [3.8, 4) is 22.8 Å². The number of aromatic nitrogens is 5. The molecule has 1 aromatic carbocycles. The second-order valence-corrected chi connectivity index (χ2v) is 6.46. The van der Waals surface area contributed by atoms with Crippen molar-refractivity contribution in [1.29, 1.82) is 0 Å². The lowest BCUT2D eigenvalue weighted by molar-refractivity contribution is 0.0478. The fourth-order valence-electron chi connectivity index (χ4n) is 2.38. The van der Waals surface area contributed by atoms with E-state index in [9.17, 15) is 9.18 Å². The topological polar surface area (TPSA) is 104 Å². The Morgan fingerprint density at radius 3 is 2.82 bits per heavy atom. The van der Waals surface area contributed by atoms with Crippen molar-refractivity contribution in [1.82, 2.24) is 24.5 Å². The SMILES string of the molecule is Cc1nc(-c2nnsc2C(=O)OCc2cnc(-c3cccc(F)c3)nc2)co1. The molecule has 8 nitrogen and oxygen atoms in total. The van der Waals surface area contributed by atoms with Crippen LogP contribution in [0.15, 0.2) is 47.3 Å². The Hall–Kier alpha value is -3.53. The predicted molar refractivity (Wildman–Crippen MR) is 96.7 cm³/mol. The van der Waals surface area contributed by atoms with Gasteiger partial charge < -0.3 is 9.15 Å². The van der Waals surface area contributed by atoms with Crippen LogP contribution in [-0.2, 0) is 11.3 Å². The molecule has 0 amide bonds. The molecular weight excluding hydrogens is 385 g/mol. The minimum atomic E-state index is -0.583. The first kappa shape index (κ1) is 17.9. The summed E-state index contributed by atoms with van der Waals surface area (Å²) in [5.74, 6) is -0.113. The summed E-state index contributed by atoms with van der Waals surface area (Å²) in [6.07, 6.45) is 4.45. The van der Waals surface area contributed by atoms with Crippen LogP contribution in [-0.4, -0.2) is 30.5 Å². The van der Waals surface area contributed by atoms with Crippen LogP contribution in [0.4, 0.5) is 4.39 Å². The highest BCUT2D eigenvalue weighted by molar-refractivity contribution is 7.08. The van der Waals surface area contributed by atoms with Gasteiger partial charge in [0.05, 0.1) is 0 Å². The summed E-state index contributed by atoms with van der Waals surface area (Å²) >= 11 is 0.914. The lowest BCUT2D eigenvalue weighted by atomic mass is 10.2. The van der Waals surface area contributed by atoms with Crippen molar-refractivity contribution >= 4 is 17.5 Å². The van der Waals surface area contributed by atoms with Gasteiger partial charge in [-0.2, -0.15) is 0 Å². The van der Waals surface area contributed by atoms with E-state index in [2.05, 4.69) is 24.5 Å². The first-order valence-electron chi connectivity index (χ1n) is 8.09. The molecule has 0 unspecified atom stereocenters. The molecule has 0 bridgehead atoms. The van der Waals surface area contributed by atoms with Gasteiger partial charge in [-0.15, -0.1) is 5.10 Å². The molecule has 0 saturated heterocycles. The van der Waals surface area contributed by atoms with Crippen molar-refractivity contribution in [2.45, 2.75) is 13.5 Å². The number of oxazole rings is 1. The molecule has 0 aliphatic carbocycles. The third-order valence-corrected chi connectivity index (χ3v) is 4.40. The highest BCUT2D eigenvalue weighted by Gasteiger charge is 2.21. The molecular formula is C18H12FN5O3S. The van der Waals surface area contributed by atoms with Gasteiger partial charge in [0.15, 0.2) is 16.6 Å². The molecule has 4 rings (SSSR count). The largest absolute Gasteiger partial charge is 0.456 e. The van der Waals surface area contributed by atoms with Crippen molar-refractivity contribution in [2.75, 3.05) is 0 Å². The van der Waals surface area contributed by atoms with E-state index < -0.39 is 5.97 Å². The Morgan fingerprint density at radius 1 is 1.29 bits per heavy atom. The first-order valence-corrected chi connectivity index (χ1v) is 8.86. The van der Waals surface area contributed by atoms with Gasteiger partial charge in [-0.3, -0.25) is 0 Å². The summed E-state index contributed by atoms with van der Waals surface area (Å²) in [6.45, 7) is 1.66. The molecule has 0 aliphatic heterocycles. The third kappa shape index (κ3) is 3.76. The number of halogens is 1. The quantitative estimate of drug-likeness (QED) is 0.472. The van der Waals surface area contributed by atoms with E-state index >= 15 is 0 Å². The van der Waals surface area contributed by atoms with E-state index in [4.69, 9.17) is 9.15 Å². The van der Waals surface area contributed by atoms with Gasteiger partial charge >= 0.3 is 5.97 Å². The molecule has 0 spiro atoms. The molecule has 10 heteroatoms. The molecule has 0 aliphatic rings. The van der Waals surface area contributed by atoms with E-state index in [1.165, 1.54) is 30.8 Å². The number of ether oxygens (including phenoxy) is 1. The average molecular weight is 397 g/mol. The highest BCUT2D eigenvalue weighted by Crippen LogP contribution is 2.24. The van der Waals surface area contributed by atoms with Crippen LogP contribution in [0.2, 0.25) is 0 Å². The molecule has 140 valence electrons. The Morgan fingerprint density at radius 2 is 2.11 bits per heavy atom. The molecule has 4 aromatic rings. The molecule has 0 fully saturated rings. The van der Waals surface area contributed by atoms with Gasteiger partial charge in [0, 0.05) is 30.4 Å². The van der Waals surface area contributed by atoms with Crippen LogP contribution >= 0.6 is 11.5 Å². The Balaban J connectivity index is 1.44. The van der Waals surface area contributed by atoms with Gasteiger partial charge in [-0.25, -0.2) is 24.1 Å². The molecule has 3 aromatic heterocycles. The number of benzene rings is 1. The number of carbonyl (C=O) groups excluding carboxylic acids is 1. The van der Waals surface area contributed by atoms with E-state index in [1.807, 2.05) is 0 Å². The van der Waals surface area contributed by atoms with Gasteiger partial charge in [-0.1, -0.05) is 16.6 Å². The molecule has 28 heavy (non-hydrogen) atoms. The fraction of sp³-hybridized carbons (Fsp3) is 0.111. The van der Waals surface area contributed by atoms with E-state index in [0.29, 0.717) is 34.2 Å². The number of rotatable bonds is 5. The maximum Gasteiger partial charge on any atom is 0.352 e. The van der Waals surface area contributed by atoms with E-state index in [-0.39, 0.29) is 17.3 Å². The zero-order chi connectivity index (χ0) is 19.5. The van der Waals surface area contributed by atoms with Crippen molar-refractivity contribution in [3.63, 3.8) is 0 Å². The van der Waals surface area contributed by atoms with Crippen LogP contribution in [0.25, 0.3) is 22.8 Å². The smallest absolute Gasteiger partial charge is 0.352 e. The Bertz CT molecular complexity index is 1130. The number of hydrogen-bond acceptors (Lipinski definition) is 9. The minimum Gasteiger partial charge on any atom is -0.456 e. The van der Waals surface area contributed by atoms with Crippen LogP contribution < -0.4 is 0 Å². The summed E-state index contributed by atoms with van der Waals surface area (Å²) in [4.78, 5) is 25.1. The van der Waals surface area contributed by atoms with Crippen molar-refractivity contribution in [2.24, 2.45) is 0 Å². The number of carbonyl (C=O) groups is 1. The monoisotopic (exact) mass is 397 g/mol. The molecule has 0 N–H and O–H groups in total. The Kier molecular flexibility index (Phi) is 4.85. The van der Waals surface area contributed by atoms with E-state index in [0.717, 1.165) is 11.5 Å². The van der Waals surface area contributed by atoms with Crippen molar-refractivity contribution < 1.29 is 18.3 Å². The van der Waals surface area contributed by atoms with Crippen molar-refractivity contribution in [3.05, 3.63) is 65.1 Å². The van der Waals surface area contributed by atoms with Crippen LogP contribution in [0.5, 0.6) is 0 Å². The zero-order valence-electron chi connectivity index (χ0n) is 14.5. The normalized spacial score (nSPS) is 10.8. The van der Waals surface area contributed by atoms with Gasteiger partial charge in [0.2, 0.25) is 0 Å². The summed E-state index contributed by atoms with van der Waals surface area (Å²) in [6, 6.07) is 5.99. The lowest BCUT2D eigenvalue weighted by Crippen LogP contribution is -2.06. The second kappa shape index (κ2) is 7.61. The van der Waals surface area contributed by atoms with Gasteiger partial charge in [0.1, 0.15) is 30.1 Å². The predicted octanol–water partition coefficient (Wildman–Crippen LogP) is 3.45. The summed E-state index contributed by atoms with van der Waals surface area (Å²) in [5, 5.41) is 3.92. The van der Waals surface area contributed by atoms with Gasteiger partial charge in [-0.05, 0) is 23.7 Å². The molecule has 3 heterocycles.